The van der Waals surface area contributed by atoms with Gasteiger partial charge in [-0.1, -0.05) is 24.3 Å². The van der Waals surface area contributed by atoms with Crippen LogP contribution in [-0.4, -0.2) is 35.8 Å². The first-order valence-electron chi connectivity index (χ1n) is 9.78. The molecule has 5 rings (SSSR count). The molecule has 0 radical (unpaired) electrons. The number of Topliss-reactive ketones (excluding diaryl/α,β-unsaturated/α-hetero) is 2. The van der Waals surface area contributed by atoms with Crippen LogP contribution in [0.25, 0.3) is 0 Å². The van der Waals surface area contributed by atoms with E-state index < -0.39 is 5.78 Å². The Morgan fingerprint density at radius 2 is 1.81 bits per heavy atom. The first-order chi connectivity index (χ1) is 15.0. The molecule has 3 aromatic rings. The van der Waals surface area contributed by atoms with Gasteiger partial charge in [-0.2, -0.15) is 0 Å². The maximum Gasteiger partial charge on any atom is 0.235 e. The molecule has 1 aliphatic carbocycles. The maximum atomic E-state index is 13.5. The van der Waals surface area contributed by atoms with Gasteiger partial charge in [0.1, 0.15) is 23.0 Å². The Labute approximate surface area is 178 Å². The van der Waals surface area contributed by atoms with Gasteiger partial charge in [0, 0.05) is 25.2 Å². The molecule has 0 fully saturated rings. The van der Waals surface area contributed by atoms with Crippen molar-refractivity contribution in [2.45, 2.75) is 6.54 Å². The highest BCUT2D eigenvalue weighted by molar-refractivity contribution is 6.28. The van der Waals surface area contributed by atoms with Crippen molar-refractivity contribution in [1.82, 2.24) is 4.98 Å². The number of carbonyl (C=O) groups excluding carboxylic acids is 2. The van der Waals surface area contributed by atoms with Gasteiger partial charge in [0.2, 0.25) is 17.3 Å². The number of aromatic nitrogens is 1. The van der Waals surface area contributed by atoms with Crippen molar-refractivity contribution >= 4 is 23.1 Å². The highest BCUT2D eigenvalue weighted by Gasteiger charge is 2.41. The van der Waals surface area contributed by atoms with Crippen molar-refractivity contribution in [3.8, 4) is 11.5 Å². The minimum absolute atomic E-state index is 0.0355. The van der Waals surface area contributed by atoms with Crippen molar-refractivity contribution in [3.63, 3.8) is 0 Å². The molecule has 0 amide bonds. The highest BCUT2D eigenvalue weighted by Crippen LogP contribution is 2.40. The van der Waals surface area contributed by atoms with Gasteiger partial charge < -0.3 is 19.6 Å². The van der Waals surface area contributed by atoms with Crippen LogP contribution in [0.4, 0.5) is 11.5 Å². The van der Waals surface area contributed by atoms with Gasteiger partial charge in [-0.05, 0) is 30.3 Å². The lowest BCUT2D eigenvalue weighted by molar-refractivity contribution is 0.0933. The SMILES string of the molecule is CN(C)c1ccc(N2Cc3ccccc3OC3=C2C(=O)c2cccc(O)c2C3=O)cn1. The summed E-state index contributed by atoms with van der Waals surface area (Å²) in [6, 6.07) is 15.5. The summed E-state index contributed by atoms with van der Waals surface area (Å²) in [5.74, 6) is 0.0149. The average molecular weight is 413 g/mol. The Bertz CT molecular complexity index is 1260. The van der Waals surface area contributed by atoms with Gasteiger partial charge in [0.25, 0.3) is 0 Å². The molecule has 1 aromatic heterocycles. The van der Waals surface area contributed by atoms with Gasteiger partial charge >= 0.3 is 0 Å². The van der Waals surface area contributed by atoms with Gasteiger partial charge in [-0.15, -0.1) is 0 Å². The lowest BCUT2D eigenvalue weighted by Crippen LogP contribution is -2.34. The minimum Gasteiger partial charge on any atom is -0.507 e. The third-order valence-corrected chi connectivity index (χ3v) is 5.44. The predicted octanol–water partition coefficient (Wildman–Crippen LogP) is 3.54. The van der Waals surface area contributed by atoms with Crippen molar-refractivity contribution < 1.29 is 19.4 Å². The number of ketones is 2. The zero-order valence-electron chi connectivity index (χ0n) is 17.0. The Morgan fingerprint density at radius 1 is 1.00 bits per heavy atom. The number of allylic oxidation sites excluding steroid dienone is 2. The normalized spacial score (nSPS) is 15.0. The van der Waals surface area contributed by atoms with Crippen LogP contribution in [0.3, 0.4) is 0 Å². The van der Waals surface area contributed by atoms with Gasteiger partial charge in [0.05, 0.1) is 24.0 Å². The molecule has 0 bridgehead atoms. The molecule has 0 atom stereocenters. The van der Waals surface area contributed by atoms with E-state index in [2.05, 4.69) is 4.98 Å². The third kappa shape index (κ3) is 2.93. The minimum atomic E-state index is -0.526. The third-order valence-electron chi connectivity index (χ3n) is 5.44. The van der Waals surface area contributed by atoms with Crippen molar-refractivity contribution in [3.05, 3.63) is 88.9 Å². The molecule has 31 heavy (non-hydrogen) atoms. The van der Waals surface area contributed by atoms with Crippen molar-refractivity contribution in [1.29, 1.82) is 0 Å². The summed E-state index contributed by atoms with van der Waals surface area (Å²) in [7, 11) is 3.79. The van der Waals surface area contributed by atoms with Crippen LogP contribution in [0.5, 0.6) is 11.5 Å². The topological polar surface area (TPSA) is 83.0 Å². The fourth-order valence-electron chi connectivity index (χ4n) is 3.88. The highest BCUT2D eigenvalue weighted by atomic mass is 16.5. The van der Waals surface area contributed by atoms with E-state index in [1.807, 2.05) is 49.3 Å². The summed E-state index contributed by atoms with van der Waals surface area (Å²) in [4.78, 5) is 35.0. The summed E-state index contributed by atoms with van der Waals surface area (Å²) in [6.45, 7) is 0.325. The van der Waals surface area contributed by atoms with Crippen molar-refractivity contribution in [2.24, 2.45) is 0 Å². The van der Waals surface area contributed by atoms with Gasteiger partial charge in [-0.3, -0.25) is 9.59 Å². The number of anilines is 2. The monoisotopic (exact) mass is 413 g/mol. The quantitative estimate of drug-likeness (QED) is 0.688. The Kier molecular flexibility index (Phi) is 4.25. The van der Waals surface area contributed by atoms with Crippen LogP contribution in [0.2, 0.25) is 0 Å². The van der Waals surface area contributed by atoms with Gasteiger partial charge in [-0.25, -0.2) is 4.98 Å². The largest absolute Gasteiger partial charge is 0.507 e. The number of phenolic OH excluding ortho intramolecular Hbond substituents is 1. The second kappa shape index (κ2) is 6.98. The molecule has 2 aliphatic rings. The average Bonchev–Trinajstić information content (AvgIpc) is 2.95. The van der Waals surface area contributed by atoms with Crippen LogP contribution < -0.4 is 14.5 Å². The summed E-state index contributed by atoms with van der Waals surface area (Å²) in [5.41, 5.74) is 1.73. The molecular weight excluding hydrogens is 394 g/mol. The second-order valence-corrected chi connectivity index (χ2v) is 7.60. The molecular formula is C24H19N3O4. The first kappa shape index (κ1) is 18.9. The molecule has 2 heterocycles. The number of aromatic hydroxyl groups is 1. The second-order valence-electron chi connectivity index (χ2n) is 7.60. The van der Waals surface area contributed by atoms with E-state index in [0.717, 1.165) is 11.4 Å². The lowest BCUT2D eigenvalue weighted by Gasteiger charge is -2.28. The number of hydrogen-bond donors (Lipinski definition) is 1. The van der Waals surface area contributed by atoms with Crippen LogP contribution in [0.15, 0.2) is 72.3 Å². The Hall–Kier alpha value is -4.13. The van der Waals surface area contributed by atoms with Gasteiger partial charge in [0.15, 0.2) is 0 Å². The molecule has 7 nitrogen and oxygen atoms in total. The van der Waals surface area contributed by atoms with Crippen LogP contribution in [0.1, 0.15) is 26.3 Å². The molecule has 0 saturated heterocycles. The van der Waals surface area contributed by atoms with Crippen LogP contribution in [0, 0.1) is 0 Å². The maximum absolute atomic E-state index is 13.5. The summed E-state index contributed by atoms with van der Waals surface area (Å²) in [6.07, 6.45) is 1.67. The fraction of sp³-hybridized carbons (Fsp3) is 0.125. The van der Waals surface area contributed by atoms with Crippen molar-refractivity contribution in [2.75, 3.05) is 23.9 Å². The summed E-state index contributed by atoms with van der Waals surface area (Å²) >= 11 is 0. The molecule has 1 N–H and O–H groups in total. The summed E-state index contributed by atoms with van der Waals surface area (Å²) < 4.78 is 6.00. The number of benzene rings is 2. The number of para-hydroxylation sites is 1. The number of ether oxygens (including phenoxy) is 1. The van der Waals surface area contributed by atoms with E-state index in [4.69, 9.17) is 4.74 Å². The zero-order valence-corrected chi connectivity index (χ0v) is 17.0. The Morgan fingerprint density at radius 3 is 2.55 bits per heavy atom. The number of pyridine rings is 1. The molecule has 154 valence electrons. The van der Waals surface area contributed by atoms with E-state index in [1.165, 1.54) is 6.07 Å². The molecule has 7 heteroatoms. The van der Waals surface area contributed by atoms with E-state index in [1.54, 1.807) is 29.3 Å². The molecule has 0 spiro atoms. The number of fused-ring (bicyclic) bond motifs is 2. The van der Waals surface area contributed by atoms with E-state index >= 15 is 0 Å². The standard InChI is InChI=1S/C24H19N3O4/c1-26(2)19-11-10-15(12-25-19)27-13-14-6-3-4-9-18(14)31-24-21(27)22(29)16-7-5-8-17(28)20(16)23(24)30/h3-12,28H,13H2,1-2H3. The van der Waals surface area contributed by atoms with E-state index in [-0.39, 0.29) is 34.1 Å². The van der Waals surface area contributed by atoms with Crippen LogP contribution >= 0.6 is 0 Å². The fourth-order valence-corrected chi connectivity index (χ4v) is 3.88. The summed E-state index contributed by atoms with van der Waals surface area (Å²) in [5, 5.41) is 10.3. The Balaban J connectivity index is 1.72. The number of hydrogen-bond acceptors (Lipinski definition) is 7. The van der Waals surface area contributed by atoms with Crippen LogP contribution in [-0.2, 0) is 6.54 Å². The first-order valence-corrected chi connectivity index (χ1v) is 9.78. The van der Waals surface area contributed by atoms with E-state index in [9.17, 15) is 14.7 Å². The molecule has 1 aliphatic heterocycles. The predicted molar refractivity (Wildman–Crippen MR) is 116 cm³/mol. The lowest BCUT2D eigenvalue weighted by atomic mass is 9.89. The molecule has 0 unspecified atom stereocenters. The zero-order chi connectivity index (χ0) is 21.7. The molecule has 2 aromatic carbocycles. The number of rotatable bonds is 2. The molecule has 0 saturated carbocycles. The van der Waals surface area contributed by atoms with E-state index in [0.29, 0.717) is 18.0 Å². The number of nitrogens with zero attached hydrogens (tertiary/aromatic N) is 3. The number of phenols is 1. The smallest absolute Gasteiger partial charge is 0.235 e. The number of carbonyl (C=O) groups is 2.